The molecule has 1 N–H and O–H groups in total. The van der Waals surface area contributed by atoms with Crippen molar-refractivity contribution < 1.29 is 13.2 Å². The molecule has 2 aliphatic rings. The van der Waals surface area contributed by atoms with Crippen LogP contribution in [-0.2, 0) is 16.4 Å². The van der Waals surface area contributed by atoms with E-state index >= 15 is 0 Å². The Kier molecular flexibility index (Phi) is 7.14. The molecule has 4 aromatic heterocycles. The van der Waals surface area contributed by atoms with E-state index in [1.807, 2.05) is 0 Å². The molecule has 0 unspecified atom stereocenters. The second kappa shape index (κ2) is 10.8. The molecule has 41 heavy (non-hydrogen) atoms. The molecule has 2 atom stereocenters. The van der Waals surface area contributed by atoms with Gasteiger partial charge in [-0.25, -0.2) is 33.3 Å². The van der Waals surface area contributed by atoms with Crippen LogP contribution in [0.1, 0.15) is 69.3 Å². The summed E-state index contributed by atoms with van der Waals surface area (Å²) in [4.78, 5) is 41.3. The minimum atomic E-state index is -3.34. The summed E-state index contributed by atoms with van der Waals surface area (Å²) in [7, 11) is -1.78. The highest BCUT2D eigenvalue weighted by Crippen LogP contribution is 2.45. The molecule has 0 aromatic carbocycles. The number of anilines is 1. The van der Waals surface area contributed by atoms with E-state index in [9.17, 15) is 13.2 Å². The van der Waals surface area contributed by atoms with Crippen LogP contribution in [0.15, 0.2) is 40.5 Å². The lowest BCUT2D eigenvalue weighted by atomic mass is 10.1. The average molecular weight is 577 g/mol. The topological polar surface area (TPSA) is 155 Å². The maximum atomic E-state index is 13.9. The number of rotatable bonds is 9. The zero-order valence-electron chi connectivity index (χ0n) is 23.2. The van der Waals surface area contributed by atoms with Crippen molar-refractivity contribution in [2.75, 3.05) is 18.2 Å². The van der Waals surface area contributed by atoms with Crippen LogP contribution in [0, 0.1) is 5.92 Å². The molecule has 6 rings (SSSR count). The minimum absolute atomic E-state index is 0.00216. The van der Waals surface area contributed by atoms with Gasteiger partial charge in [-0.1, -0.05) is 20.3 Å². The van der Waals surface area contributed by atoms with Gasteiger partial charge in [-0.05, 0) is 43.7 Å². The van der Waals surface area contributed by atoms with Crippen molar-refractivity contribution in [3.63, 3.8) is 0 Å². The van der Waals surface area contributed by atoms with Crippen LogP contribution in [0.3, 0.4) is 0 Å². The molecule has 12 nitrogen and oxygen atoms in total. The van der Waals surface area contributed by atoms with E-state index in [4.69, 9.17) is 9.72 Å². The zero-order valence-corrected chi connectivity index (χ0v) is 24.1. The first-order chi connectivity index (χ1) is 19.8. The van der Waals surface area contributed by atoms with Gasteiger partial charge in [0.05, 0.1) is 41.9 Å². The van der Waals surface area contributed by atoms with Crippen LogP contribution in [0.5, 0.6) is 5.88 Å². The SMILES string of the molecule is CCS(=O)(=O)c1ccc(CNc2nc3cnc(-c4c(OC)ncnc4C4CC4)nc3n([C@H]3CCC[C@@H]3C)c2=O)nc1. The Morgan fingerprint density at radius 3 is 2.54 bits per heavy atom. The van der Waals surface area contributed by atoms with Gasteiger partial charge >= 0.3 is 0 Å². The minimum Gasteiger partial charge on any atom is -0.480 e. The summed E-state index contributed by atoms with van der Waals surface area (Å²) in [5.41, 5.74) is 2.76. The predicted octanol–water partition coefficient (Wildman–Crippen LogP) is 3.69. The van der Waals surface area contributed by atoms with Gasteiger partial charge in [0.15, 0.2) is 27.1 Å². The Balaban J connectivity index is 1.41. The molecular formula is C28H32N8O4S. The summed E-state index contributed by atoms with van der Waals surface area (Å²) in [5.74, 6) is 1.58. The summed E-state index contributed by atoms with van der Waals surface area (Å²) in [6, 6.07) is 3.13. The van der Waals surface area contributed by atoms with Gasteiger partial charge in [0.25, 0.3) is 5.56 Å². The standard InChI is InChI=1S/C28H32N8O4S/c1-4-41(38,39)19-11-10-18(29-13-19)12-30-25-28(37)36(21-7-5-6-16(21)2)26-20(34-25)14-31-24(35-26)22-23(17-8-9-17)32-15-33-27(22)40-3/h10-11,13-17,21H,4-9,12H2,1-3H3,(H,30,34)/t16-,21-/m0/s1. The third kappa shape index (κ3) is 5.14. The van der Waals surface area contributed by atoms with Crippen LogP contribution >= 0.6 is 0 Å². The van der Waals surface area contributed by atoms with Crippen molar-refractivity contribution in [1.29, 1.82) is 0 Å². The predicted molar refractivity (Wildman–Crippen MR) is 152 cm³/mol. The first-order valence-electron chi connectivity index (χ1n) is 13.9. The molecule has 0 radical (unpaired) electrons. The third-order valence-electron chi connectivity index (χ3n) is 7.98. The molecule has 0 bridgehead atoms. The number of nitrogens with one attached hydrogen (secondary N) is 1. The molecule has 0 aliphatic heterocycles. The Morgan fingerprint density at radius 1 is 1.05 bits per heavy atom. The molecule has 4 aromatic rings. The van der Waals surface area contributed by atoms with E-state index < -0.39 is 9.84 Å². The van der Waals surface area contributed by atoms with E-state index in [0.717, 1.165) is 37.8 Å². The van der Waals surface area contributed by atoms with Crippen molar-refractivity contribution in [3.8, 4) is 17.3 Å². The average Bonchev–Trinajstić information content (AvgIpc) is 3.76. The van der Waals surface area contributed by atoms with Crippen molar-refractivity contribution in [1.82, 2.24) is 34.5 Å². The number of pyridine rings is 1. The van der Waals surface area contributed by atoms with Crippen molar-refractivity contribution in [2.24, 2.45) is 5.92 Å². The Hall–Kier alpha value is -4.00. The van der Waals surface area contributed by atoms with Crippen LogP contribution < -0.4 is 15.6 Å². The highest BCUT2D eigenvalue weighted by molar-refractivity contribution is 7.91. The fourth-order valence-corrected chi connectivity index (χ4v) is 6.33. The van der Waals surface area contributed by atoms with Crippen molar-refractivity contribution in [2.45, 2.75) is 69.4 Å². The van der Waals surface area contributed by atoms with Crippen molar-refractivity contribution >= 4 is 26.8 Å². The number of methoxy groups -OCH3 is 1. The number of hydrogen-bond donors (Lipinski definition) is 1. The van der Waals surface area contributed by atoms with Crippen LogP contribution in [0.25, 0.3) is 22.6 Å². The van der Waals surface area contributed by atoms with Gasteiger partial charge in [-0.2, -0.15) is 0 Å². The highest BCUT2D eigenvalue weighted by Gasteiger charge is 2.33. The number of nitrogens with zero attached hydrogens (tertiary/aromatic N) is 7. The summed E-state index contributed by atoms with van der Waals surface area (Å²) < 4.78 is 31.6. The third-order valence-corrected chi connectivity index (χ3v) is 9.70. The molecule has 0 spiro atoms. The van der Waals surface area contributed by atoms with E-state index in [0.29, 0.717) is 40.0 Å². The lowest BCUT2D eigenvalue weighted by Gasteiger charge is -2.21. The highest BCUT2D eigenvalue weighted by atomic mass is 32.2. The van der Waals surface area contributed by atoms with E-state index in [2.05, 4.69) is 37.2 Å². The molecule has 13 heteroatoms. The normalized spacial score (nSPS) is 19.0. The number of ether oxygens (including phenoxy) is 1. The first-order valence-corrected chi connectivity index (χ1v) is 15.6. The van der Waals surface area contributed by atoms with Gasteiger partial charge in [-0.3, -0.25) is 14.3 Å². The molecule has 214 valence electrons. The van der Waals surface area contributed by atoms with E-state index in [-0.39, 0.29) is 40.5 Å². The Bertz CT molecular complexity index is 1770. The lowest BCUT2D eigenvalue weighted by Crippen LogP contribution is -2.30. The zero-order chi connectivity index (χ0) is 28.7. The molecule has 4 heterocycles. The second-order valence-electron chi connectivity index (χ2n) is 10.7. The summed E-state index contributed by atoms with van der Waals surface area (Å²) in [6.45, 7) is 3.94. The number of aromatic nitrogens is 7. The number of sulfone groups is 1. The number of hydrogen-bond acceptors (Lipinski definition) is 11. The largest absolute Gasteiger partial charge is 0.480 e. The fourth-order valence-electron chi connectivity index (χ4n) is 5.51. The summed E-state index contributed by atoms with van der Waals surface area (Å²) in [6.07, 6.45) is 9.44. The van der Waals surface area contributed by atoms with E-state index in [1.165, 1.54) is 18.6 Å². The van der Waals surface area contributed by atoms with E-state index in [1.54, 1.807) is 30.9 Å². The smallest absolute Gasteiger partial charge is 0.295 e. The van der Waals surface area contributed by atoms with Gasteiger partial charge in [-0.15, -0.1) is 0 Å². The maximum absolute atomic E-state index is 13.9. The van der Waals surface area contributed by atoms with Gasteiger partial charge < -0.3 is 10.1 Å². The first kappa shape index (κ1) is 27.2. The molecule has 0 amide bonds. The van der Waals surface area contributed by atoms with Gasteiger partial charge in [0, 0.05) is 18.2 Å². The van der Waals surface area contributed by atoms with Crippen LogP contribution in [0.2, 0.25) is 0 Å². The molecule has 2 fully saturated rings. The van der Waals surface area contributed by atoms with Crippen LogP contribution in [-0.4, -0.2) is 55.8 Å². The second-order valence-corrected chi connectivity index (χ2v) is 13.0. The van der Waals surface area contributed by atoms with Gasteiger partial charge in [0.1, 0.15) is 17.4 Å². The number of fused-ring (bicyclic) bond motifs is 1. The van der Waals surface area contributed by atoms with Gasteiger partial charge in [0.2, 0.25) is 5.88 Å². The molecule has 2 saturated carbocycles. The summed E-state index contributed by atoms with van der Waals surface area (Å²) >= 11 is 0. The molecular weight excluding hydrogens is 544 g/mol. The molecule has 0 saturated heterocycles. The van der Waals surface area contributed by atoms with Crippen LogP contribution in [0.4, 0.5) is 5.82 Å². The Morgan fingerprint density at radius 2 is 1.88 bits per heavy atom. The quantitative estimate of drug-likeness (QED) is 0.310. The molecule has 2 aliphatic carbocycles. The summed E-state index contributed by atoms with van der Waals surface area (Å²) in [5, 5.41) is 3.12. The monoisotopic (exact) mass is 576 g/mol. The van der Waals surface area contributed by atoms with Crippen molar-refractivity contribution in [3.05, 3.63) is 52.6 Å². The fraction of sp³-hybridized carbons (Fsp3) is 0.464. The maximum Gasteiger partial charge on any atom is 0.295 e. The lowest BCUT2D eigenvalue weighted by molar-refractivity contribution is 0.397. The Labute approximate surface area is 237 Å².